The first kappa shape index (κ1) is 25.4. The van der Waals surface area contributed by atoms with Gasteiger partial charge in [-0.15, -0.1) is 11.3 Å². The summed E-state index contributed by atoms with van der Waals surface area (Å²) in [5, 5.41) is 18.6. The molecule has 3 rings (SSSR count). The SMILES string of the molecule is COC(=O)[C@H](CNC(=O)c1cccs1)NC(=O)c1ccc(C(=O)NCc2cccc(O)c2)cc1F. The van der Waals surface area contributed by atoms with Crippen LogP contribution in [-0.4, -0.2) is 48.5 Å². The van der Waals surface area contributed by atoms with Crippen LogP contribution < -0.4 is 16.0 Å². The highest BCUT2D eigenvalue weighted by Gasteiger charge is 2.25. The number of phenols is 1. The van der Waals surface area contributed by atoms with Crippen molar-refractivity contribution in [3.05, 3.63) is 87.4 Å². The van der Waals surface area contributed by atoms with Gasteiger partial charge in [-0.1, -0.05) is 18.2 Å². The van der Waals surface area contributed by atoms with Gasteiger partial charge in [-0.2, -0.15) is 0 Å². The summed E-state index contributed by atoms with van der Waals surface area (Å²) in [5.41, 5.74) is 0.231. The van der Waals surface area contributed by atoms with E-state index < -0.39 is 41.1 Å². The van der Waals surface area contributed by atoms with Crippen LogP contribution in [-0.2, 0) is 16.1 Å². The van der Waals surface area contributed by atoms with Crippen molar-refractivity contribution in [2.75, 3.05) is 13.7 Å². The number of benzene rings is 2. The van der Waals surface area contributed by atoms with E-state index in [0.29, 0.717) is 10.4 Å². The monoisotopic (exact) mass is 499 g/mol. The van der Waals surface area contributed by atoms with Crippen molar-refractivity contribution in [2.45, 2.75) is 12.6 Å². The number of rotatable bonds is 9. The molecule has 0 fully saturated rings. The van der Waals surface area contributed by atoms with Crippen LogP contribution in [0.2, 0.25) is 0 Å². The Balaban J connectivity index is 1.63. The number of methoxy groups -OCH3 is 1. The molecular weight excluding hydrogens is 477 g/mol. The normalized spacial score (nSPS) is 11.3. The standard InChI is InChI=1S/C24H22FN3O6S/c1-34-24(33)19(13-27-23(32)20-6-3-9-35-20)28-22(31)17-8-7-15(11-18(17)25)21(30)26-12-14-4-2-5-16(29)10-14/h2-11,19,29H,12-13H2,1H3,(H,26,30)(H,27,32)(H,28,31)/t19-/m0/s1. The summed E-state index contributed by atoms with van der Waals surface area (Å²) < 4.78 is 19.3. The van der Waals surface area contributed by atoms with Gasteiger partial charge in [0.15, 0.2) is 0 Å². The van der Waals surface area contributed by atoms with Crippen LogP contribution in [0.25, 0.3) is 0 Å². The molecule has 0 saturated carbocycles. The minimum Gasteiger partial charge on any atom is -0.508 e. The number of hydrogen-bond acceptors (Lipinski definition) is 7. The van der Waals surface area contributed by atoms with Gasteiger partial charge in [0.25, 0.3) is 17.7 Å². The molecule has 1 atom stereocenters. The molecule has 9 nitrogen and oxygen atoms in total. The maximum Gasteiger partial charge on any atom is 0.330 e. The van der Waals surface area contributed by atoms with Crippen LogP contribution in [0.4, 0.5) is 4.39 Å². The number of nitrogens with one attached hydrogen (secondary N) is 3. The second-order valence-corrected chi connectivity index (χ2v) is 8.23. The summed E-state index contributed by atoms with van der Waals surface area (Å²) in [7, 11) is 1.12. The summed E-state index contributed by atoms with van der Waals surface area (Å²) in [6.07, 6.45) is 0. The maximum absolute atomic E-state index is 14.7. The van der Waals surface area contributed by atoms with Gasteiger partial charge in [0.2, 0.25) is 0 Å². The summed E-state index contributed by atoms with van der Waals surface area (Å²) >= 11 is 1.21. The summed E-state index contributed by atoms with van der Waals surface area (Å²) in [5.74, 6) is -3.69. The Kier molecular flexibility index (Phi) is 8.52. The predicted molar refractivity (Wildman–Crippen MR) is 126 cm³/mol. The molecule has 2 aromatic carbocycles. The lowest BCUT2D eigenvalue weighted by atomic mass is 10.1. The summed E-state index contributed by atoms with van der Waals surface area (Å²) in [6, 6.07) is 11.6. The zero-order chi connectivity index (χ0) is 25.4. The minimum atomic E-state index is -1.26. The van der Waals surface area contributed by atoms with Gasteiger partial charge < -0.3 is 25.8 Å². The first-order valence-corrected chi connectivity index (χ1v) is 11.2. The van der Waals surface area contributed by atoms with Crippen molar-refractivity contribution in [3.8, 4) is 5.75 Å². The summed E-state index contributed by atoms with van der Waals surface area (Å²) in [4.78, 5) is 49.6. The van der Waals surface area contributed by atoms with Gasteiger partial charge in [-0.3, -0.25) is 14.4 Å². The van der Waals surface area contributed by atoms with Crippen LogP contribution in [0.3, 0.4) is 0 Å². The highest BCUT2D eigenvalue weighted by Crippen LogP contribution is 2.13. The molecule has 0 spiro atoms. The number of carbonyl (C=O) groups is 4. The molecule has 11 heteroatoms. The van der Waals surface area contributed by atoms with Gasteiger partial charge in [0.1, 0.15) is 17.6 Å². The Morgan fingerprint density at radius 1 is 1.00 bits per heavy atom. The van der Waals surface area contributed by atoms with E-state index in [2.05, 4.69) is 20.7 Å². The molecule has 0 unspecified atom stereocenters. The first-order valence-electron chi connectivity index (χ1n) is 10.3. The predicted octanol–water partition coefficient (Wildman–Crippen LogP) is 2.22. The molecule has 0 aliphatic rings. The fraction of sp³-hybridized carbons (Fsp3) is 0.167. The number of phenolic OH excluding ortho intramolecular Hbond substituents is 1. The Morgan fingerprint density at radius 3 is 2.46 bits per heavy atom. The molecule has 4 N–H and O–H groups in total. The van der Waals surface area contributed by atoms with Gasteiger partial charge in [0.05, 0.1) is 17.6 Å². The number of carbonyl (C=O) groups excluding carboxylic acids is 4. The van der Waals surface area contributed by atoms with E-state index in [-0.39, 0.29) is 24.4 Å². The van der Waals surface area contributed by atoms with E-state index in [1.54, 1.807) is 29.6 Å². The van der Waals surface area contributed by atoms with Crippen molar-refractivity contribution in [3.63, 3.8) is 0 Å². The summed E-state index contributed by atoms with van der Waals surface area (Å²) in [6.45, 7) is -0.165. The van der Waals surface area contributed by atoms with Crippen LogP contribution in [0.15, 0.2) is 60.0 Å². The number of aromatic hydroxyl groups is 1. The third-order valence-electron chi connectivity index (χ3n) is 4.84. The zero-order valence-corrected chi connectivity index (χ0v) is 19.4. The lowest BCUT2D eigenvalue weighted by molar-refractivity contribution is -0.142. The van der Waals surface area contributed by atoms with Crippen molar-refractivity contribution >= 4 is 35.0 Å². The van der Waals surface area contributed by atoms with E-state index in [1.165, 1.54) is 29.5 Å². The van der Waals surface area contributed by atoms with Crippen molar-refractivity contribution in [2.24, 2.45) is 0 Å². The molecule has 3 amide bonds. The Morgan fingerprint density at radius 2 is 1.80 bits per heavy atom. The minimum absolute atomic E-state index is 0.0214. The molecule has 3 aromatic rings. The molecule has 182 valence electrons. The number of hydrogen-bond donors (Lipinski definition) is 4. The van der Waals surface area contributed by atoms with E-state index in [1.807, 2.05) is 0 Å². The lowest BCUT2D eigenvalue weighted by Gasteiger charge is -2.17. The lowest BCUT2D eigenvalue weighted by Crippen LogP contribution is -2.49. The molecule has 35 heavy (non-hydrogen) atoms. The second kappa shape index (κ2) is 11.7. The Labute approximate surface area is 203 Å². The highest BCUT2D eigenvalue weighted by molar-refractivity contribution is 7.12. The van der Waals surface area contributed by atoms with Crippen molar-refractivity contribution < 1.29 is 33.4 Å². The number of ether oxygens (including phenoxy) is 1. The van der Waals surface area contributed by atoms with Gasteiger partial charge in [-0.05, 0) is 47.3 Å². The molecule has 0 saturated heterocycles. The van der Waals surface area contributed by atoms with Gasteiger partial charge in [0, 0.05) is 18.7 Å². The third-order valence-corrected chi connectivity index (χ3v) is 5.71. The average Bonchev–Trinajstić information content (AvgIpc) is 3.39. The molecule has 0 aliphatic carbocycles. The molecular formula is C24H22FN3O6S. The van der Waals surface area contributed by atoms with Crippen molar-refractivity contribution in [1.82, 2.24) is 16.0 Å². The number of halogens is 1. The fourth-order valence-electron chi connectivity index (χ4n) is 3.05. The third kappa shape index (κ3) is 6.87. The van der Waals surface area contributed by atoms with Gasteiger partial charge in [-0.25, -0.2) is 9.18 Å². The molecule has 0 radical (unpaired) electrons. The average molecular weight is 500 g/mol. The smallest absolute Gasteiger partial charge is 0.330 e. The van der Waals surface area contributed by atoms with Crippen LogP contribution >= 0.6 is 11.3 Å². The fourth-order valence-corrected chi connectivity index (χ4v) is 3.69. The molecule has 1 aromatic heterocycles. The van der Waals surface area contributed by atoms with E-state index in [4.69, 9.17) is 0 Å². The Hall–Kier alpha value is -4.25. The highest BCUT2D eigenvalue weighted by atomic mass is 32.1. The van der Waals surface area contributed by atoms with Crippen molar-refractivity contribution in [1.29, 1.82) is 0 Å². The maximum atomic E-state index is 14.7. The number of thiophene rings is 1. The molecule has 1 heterocycles. The van der Waals surface area contributed by atoms with Crippen LogP contribution in [0, 0.1) is 5.82 Å². The van der Waals surface area contributed by atoms with Crippen LogP contribution in [0.1, 0.15) is 36.0 Å². The number of amides is 3. The Bertz CT molecular complexity index is 1230. The first-order chi connectivity index (χ1) is 16.8. The topological polar surface area (TPSA) is 134 Å². The van der Waals surface area contributed by atoms with Crippen LogP contribution in [0.5, 0.6) is 5.75 Å². The second-order valence-electron chi connectivity index (χ2n) is 7.28. The van der Waals surface area contributed by atoms with E-state index in [0.717, 1.165) is 19.2 Å². The molecule has 0 bridgehead atoms. The quantitative estimate of drug-likeness (QED) is 0.334. The molecule has 0 aliphatic heterocycles. The van der Waals surface area contributed by atoms with E-state index >= 15 is 0 Å². The number of esters is 1. The largest absolute Gasteiger partial charge is 0.508 e. The zero-order valence-electron chi connectivity index (χ0n) is 18.5. The van der Waals surface area contributed by atoms with Gasteiger partial charge >= 0.3 is 5.97 Å². The van der Waals surface area contributed by atoms with E-state index in [9.17, 15) is 28.7 Å².